The number of aromatic nitrogens is 1. The number of piperazine rings is 1. The Bertz CT molecular complexity index is 750. The molecule has 0 atom stereocenters. The zero-order chi connectivity index (χ0) is 16.7. The van der Waals surface area contributed by atoms with Crippen LogP contribution in [0.3, 0.4) is 0 Å². The molecule has 1 aromatic carbocycles. The highest BCUT2D eigenvalue weighted by molar-refractivity contribution is 7.16. The van der Waals surface area contributed by atoms with Crippen molar-refractivity contribution in [3.63, 3.8) is 0 Å². The van der Waals surface area contributed by atoms with Gasteiger partial charge >= 0.3 is 0 Å². The SMILES string of the molecule is CN1CCC2(CC1)CN(C(=O)c1ccc3ncsc3c1)CCN2C. The third kappa shape index (κ3) is 2.72. The maximum absolute atomic E-state index is 13.0. The van der Waals surface area contributed by atoms with E-state index in [1.165, 1.54) is 0 Å². The molecule has 0 unspecified atom stereocenters. The van der Waals surface area contributed by atoms with Gasteiger partial charge in [-0.15, -0.1) is 11.3 Å². The van der Waals surface area contributed by atoms with Gasteiger partial charge in [0, 0.05) is 30.7 Å². The van der Waals surface area contributed by atoms with Gasteiger partial charge in [-0.2, -0.15) is 0 Å². The van der Waals surface area contributed by atoms with Crippen molar-refractivity contribution < 1.29 is 4.79 Å². The number of amides is 1. The third-order valence-corrected chi connectivity index (χ3v) is 6.58. The van der Waals surface area contributed by atoms with E-state index in [4.69, 9.17) is 0 Å². The van der Waals surface area contributed by atoms with Crippen LogP contribution in [0, 0.1) is 0 Å². The zero-order valence-electron chi connectivity index (χ0n) is 14.4. The molecule has 4 rings (SSSR count). The molecule has 2 aliphatic rings. The number of benzene rings is 1. The number of fused-ring (bicyclic) bond motifs is 1. The van der Waals surface area contributed by atoms with Crippen LogP contribution in [0.25, 0.3) is 10.2 Å². The van der Waals surface area contributed by atoms with E-state index in [0.717, 1.165) is 61.3 Å². The maximum atomic E-state index is 13.0. The summed E-state index contributed by atoms with van der Waals surface area (Å²) in [6.45, 7) is 4.83. The predicted molar refractivity (Wildman–Crippen MR) is 97.6 cm³/mol. The number of thiazole rings is 1. The lowest BCUT2D eigenvalue weighted by Gasteiger charge is -2.52. The van der Waals surface area contributed by atoms with Crippen molar-refractivity contribution in [2.75, 3.05) is 46.8 Å². The van der Waals surface area contributed by atoms with Gasteiger partial charge in [-0.1, -0.05) is 0 Å². The van der Waals surface area contributed by atoms with Crippen molar-refractivity contribution in [2.24, 2.45) is 0 Å². The Labute approximate surface area is 146 Å². The van der Waals surface area contributed by atoms with Crippen LogP contribution in [0.5, 0.6) is 0 Å². The van der Waals surface area contributed by atoms with Crippen LogP contribution in [0.2, 0.25) is 0 Å². The first-order valence-corrected chi connectivity index (χ1v) is 9.48. The van der Waals surface area contributed by atoms with Gasteiger partial charge in [-0.05, 0) is 58.2 Å². The van der Waals surface area contributed by atoms with Crippen LogP contribution in [0.4, 0.5) is 0 Å². The lowest BCUT2D eigenvalue weighted by molar-refractivity contribution is -0.0170. The largest absolute Gasteiger partial charge is 0.336 e. The lowest BCUT2D eigenvalue weighted by atomic mass is 9.83. The average molecular weight is 344 g/mol. The van der Waals surface area contributed by atoms with Crippen molar-refractivity contribution in [3.8, 4) is 0 Å². The molecule has 2 aliphatic heterocycles. The van der Waals surface area contributed by atoms with Crippen molar-refractivity contribution in [1.29, 1.82) is 0 Å². The first-order valence-electron chi connectivity index (χ1n) is 8.60. The summed E-state index contributed by atoms with van der Waals surface area (Å²) in [5, 5.41) is 0. The number of hydrogen-bond acceptors (Lipinski definition) is 5. The summed E-state index contributed by atoms with van der Waals surface area (Å²) >= 11 is 1.59. The van der Waals surface area contributed by atoms with Gasteiger partial charge in [0.25, 0.3) is 5.91 Å². The number of hydrogen-bond donors (Lipinski definition) is 0. The number of carbonyl (C=O) groups is 1. The minimum Gasteiger partial charge on any atom is -0.336 e. The quantitative estimate of drug-likeness (QED) is 0.795. The number of likely N-dealkylation sites (N-methyl/N-ethyl adjacent to an activating group) is 1. The van der Waals surface area contributed by atoms with E-state index in [2.05, 4.69) is 33.8 Å². The molecule has 128 valence electrons. The molecular formula is C18H24N4OS. The highest BCUT2D eigenvalue weighted by Gasteiger charge is 2.42. The van der Waals surface area contributed by atoms with Gasteiger partial charge in [0.1, 0.15) is 0 Å². The Kier molecular flexibility index (Phi) is 4.06. The molecule has 1 spiro atoms. The number of nitrogens with zero attached hydrogens (tertiary/aromatic N) is 4. The Morgan fingerprint density at radius 3 is 2.75 bits per heavy atom. The Morgan fingerprint density at radius 1 is 1.17 bits per heavy atom. The molecule has 0 radical (unpaired) electrons. The normalized spacial score (nSPS) is 22.3. The molecule has 2 saturated heterocycles. The monoisotopic (exact) mass is 344 g/mol. The van der Waals surface area contributed by atoms with Crippen molar-refractivity contribution >= 4 is 27.5 Å². The highest BCUT2D eigenvalue weighted by Crippen LogP contribution is 2.32. The summed E-state index contributed by atoms with van der Waals surface area (Å²) in [5.74, 6) is 0.164. The molecular weight excluding hydrogens is 320 g/mol. The van der Waals surface area contributed by atoms with Crippen LogP contribution in [0.1, 0.15) is 23.2 Å². The summed E-state index contributed by atoms with van der Waals surface area (Å²) in [6.07, 6.45) is 2.27. The van der Waals surface area contributed by atoms with Crippen LogP contribution >= 0.6 is 11.3 Å². The van der Waals surface area contributed by atoms with Gasteiger partial charge in [0.15, 0.2) is 0 Å². The smallest absolute Gasteiger partial charge is 0.254 e. The molecule has 6 heteroatoms. The first-order chi connectivity index (χ1) is 11.6. The Balaban J connectivity index is 1.56. The van der Waals surface area contributed by atoms with Gasteiger partial charge in [0.2, 0.25) is 0 Å². The fraction of sp³-hybridized carbons (Fsp3) is 0.556. The number of carbonyl (C=O) groups excluding carboxylic acids is 1. The van der Waals surface area contributed by atoms with Crippen molar-refractivity contribution in [3.05, 3.63) is 29.3 Å². The van der Waals surface area contributed by atoms with Crippen molar-refractivity contribution in [2.45, 2.75) is 18.4 Å². The Morgan fingerprint density at radius 2 is 1.96 bits per heavy atom. The molecule has 0 N–H and O–H groups in total. The van der Waals surface area contributed by atoms with Crippen LogP contribution in [-0.4, -0.2) is 77.9 Å². The van der Waals surface area contributed by atoms with E-state index >= 15 is 0 Å². The van der Waals surface area contributed by atoms with Crippen molar-refractivity contribution in [1.82, 2.24) is 19.7 Å². The summed E-state index contributed by atoms with van der Waals surface area (Å²) in [7, 11) is 4.40. The Hall–Kier alpha value is -1.50. The fourth-order valence-corrected chi connectivity index (χ4v) is 4.70. The summed E-state index contributed by atoms with van der Waals surface area (Å²) in [5.41, 5.74) is 3.75. The van der Waals surface area contributed by atoms with E-state index in [9.17, 15) is 4.79 Å². The molecule has 2 fully saturated rings. The minimum atomic E-state index is 0.148. The highest BCUT2D eigenvalue weighted by atomic mass is 32.1. The molecule has 0 bridgehead atoms. The molecule has 3 heterocycles. The summed E-state index contributed by atoms with van der Waals surface area (Å²) < 4.78 is 1.09. The topological polar surface area (TPSA) is 39.7 Å². The number of likely N-dealkylation sites (tertiary alicyclic amines) is 1. The van der Waals surface area contributed by atoms with Gasteiger partial charge < -0.3 is 9.80 Å². The van der Waals surface area contributed by atoms with E-state index in [0.29, 0.717) is 0 Å². The second-order valence-electron chi connectivity index (χ2n) is 7.21. The van der Waals surface area contributed by atoms with E-state index in [1.54, 1.807) is 11.3 Å². The minimum absolute atomic E-state index is 0.148. The van der Waals surface area contributed by atoms with Gasteiger partial charge in [-0.25, -0.2) is 4.98 Å². The van der Waals surface area contributed by atoms with Gasteiger partial charge in [-0.3, -0.25) is 9.69 Å². The predicted octanol–water partition coefficient (Wildman–Crippen LogP) is 2.15. The molecule has 0 saturated carbocycles. The third-order valence-electron chi connectivity index (χ3n) is 5.78. The molecule has 1 aromatic heterocycles. The molecule has 1 amide bonds. The molecule has 5 nitrogen and oxygen atoms in total. The zero-order valence-corrected chi connectivity index (χ0v) is 15.2. The lowest BCUT2D eigenvalue weighted by Crippen LogP contribution is -2.64. The average Bonchev–Trinajstić information content (AvgIpc) is 3.07. The molecule has 0 aliphatic carbocycles. The maximum Gasteiger partial charge on any atom is 0.254 e. The van der Waals surface area contributed by atoms with Crippen LogP contribution in [0.15, 0.2) is 23.7 Å². The second kappa shape index (κ2) is 6.10. The van der Waals surface area contributed by atoms with E-state index < -0.39 is 0 Å². The first kappa shape index (κ1) is 16.0. The summed E-state index contributed by atoms with van der Waals surface area (Å²) in [6, 6.07) is 5.87. The fourth-order valence-electron chi connectivity index (χ4n) is 3.98. The van der Waals surface area contributed by atoms with E-state index in [-0.39, 0.29) is 11.4 Å². The van der Waals surface area contributed by atoms with Crippen LogP contribution < -0.4 is 0 Å². The van der Waals surface area contributed by atoms with E-state index in [1.807, 2.05) is 23.7 Å². The molecule has 24 heavy (non-hydrogen) atoms. The standard InChI is InChI=1S/C18H24N4OS/c1-20-7-5-18(6-8-20)12-22(10-9-21(18)2)17(23)14-3-4-15-16(11-14)24-13-19-15/h3-4,11,13H,5-10,12H2,1-2H3. The summed E-state index contributed by atoms with van der Waals surface area (Å²) in [4.78, 5) is 24.3. The number of rotatable bonds is 1. The number of piperidine rings is 1. The van der Waals surface area contributed by atoms with Gasteiger partial charge in [0.05, 0.1) is 15.7 Å². The second-order valence-corrected chi connectivity index (χ2v) is 8.10. The molecule has 2 aromatic rings. The van der Waals surface area contributed by atoms with Crippen LogP contribution in [-0.2, 0) is 0 Å².